The molecule has 0 bridgehead atoms. The van der Waals surface area contributed by atoms with Crippen molar-refractivity contribution >= 4 is 34.6 Å². The highest BCUT2D eigenvalue weighted by atomic mass is 35.5. The number of pyridine rings is 1. The van der Waals surface area contributed by atoms with E-state index >= 15 is 0 Å². The van der Waals surface area contributed by atoms with Crippen molar-refractivity contribution < 1.29 is 23.1 Å². The van der Waals surface area contributed by atoms with Gasteiger partial charge in [-0.1, -0.05) is 11.6 Å². The second-order valence-corrected chi connectivity index (χ2v) is 8.19. The fourth-order valence-electron chi connectivity index (χ4n) is 3.35. The van der Waals surface area contributed by atoms with Crippen molar-refractivity contribution in [2.75, 3.05) is 16.9 Å². The topological polar surface area (TPSA) is 133 Å². The van der Waals surface area contributed by atoms with Gasteiger partial charge in [0.2, 0.25) is 0 Å². The van der Waals surface area contributed by atoms with Crippen LogP contribution in [0.25, 0.3) is 0 Å². The van der Waals surface area contributed by atoms with Crippen molar-refractivity contribution in [3.05, 3.63) is 69.3 Å². The van der Waals surface area contributed by atoms with Crippen molar-refractivity contribution in [3.8, 4) is 0 Å². The molecule has 0 fully saturated rings. The predicted octanol–water partition coefficient (Wildman–Crippen LogP) is 3.60. The number of benzene rings is 1. The Morgan fingerprint density at radius 2 is 1.97 bits per heavy atom. The number of nitrogens with one attached hydrogen (secondary N) is 2. The quantitative estimate of drug-likeness (QED) is 0.218. The molecule has 0 aliphatic carbocycles. The summed E-state index contributed by atoms with van der Waals surface area (Å²) in [6.07, 6.45) is -1.97. The number of carbonyl (C=O) groups is 1. The van der Waals surface area contributed by atoms with Crippen LogP contribution in [-0.4, -0.2) is 38.0 Å². The van der Waals surface area contributed by atoms with Gasteiger partial charge in [0, 0.05) is 30.2 Å². The number of alkyl halides is 3. The number of aryl methyl sites for hydroxylation is 2. The fourth-order valence-corrected chi connectivity index (χ4v) is 3.63. The number of hydrazine groups is 1. The normalized spacial score (nSPS) is 11.5. The summed E-state index contributed by atoms with van der Waals surface area (Å²) in [5.41, 5.74) is 0.901. The Labute approximate surface area is 203 Å². The highest BCUT2D eigenvalue weighted by Crippen LogP contribution is 2.38. The van der Waals surface area contributed by atoms with Gasteiger partial charge < -0.3 is 20.8 Å². The van der Waals surface area contributed by atoms with Gasteiger partial charge >= 0.3 is 6.18 Å². The van der Waals surface area contributed by atoms with Crippen molar-refractivity contribution in [3.63, 3.8) is 0 Å². The number of aliphatic hydroxyl groups excluding tert-OH is 1. The first-order chi connectivity index (χ1) is 16.3. The molecule has 0 saturated heterocycles. The molecule has 13 heteroatoms. The number of amides is 1. The van der Waals surface area contributed by atoms with Crippen LogP contribution in [0.4, 0.5) is 24.5 Å². The number of nitrogens with zero attached hydrogens (tertiary/aromatic N) is 4. The van der Waals surface area contributed by atoms with E-state index in [9.17, 15) is 23.1 Å². The lowest BCUT2D eigenvalue weighted by Crippen LogP contribution is -2.37. The summed E-state index contributed by atoms with van der Waals surface area (Å²) in [5, 5.41) is 24.8. The van der Waals surface area contributed by atoms with Crippen LogP contribution in [-0.2, 0) is 19.8 Å². The summed E-state index contributed by atoms with van der Waals surface area (Å²) < 4.78 is 41.6. The summed E-state index contributed by atoms with van der Waals surface area (Å²) >= 11 is 5.74. The van der Waals surface area contributed by atoms with E-state index in [4.69, 9.17) is 22.9 Å². The second kappa shape index (κ2) is 10.0. The minimum atomic E-state index is -4.78. The molecule has 2 heterocycles. The van der Waals surface area contributed by atoms with Gasteiger partial charge in [0.1, 0.15) is 0 Å². The van der Waals surface area contributed by atoms with Crippen LogP contribution in [0.2, 0.25) is 5.02 Å². The average molecular weight is 510 g/mol. The third-order valence-electron chi connectivity index (χ3n) is 5.40. The van der Waals surface area contributed by atoms with Crippen molar-refractivity contribution in [1.82, 2.24) is 14.8 Å². The van der Waals surface area contributed by atoms with Gasteiger partial charge in [0.25, 0.3) is 5.91 Å². The van der Waals surface area contributed by atoms with E-state index in [1.54, 1.807) is 24.9 Å². The summed E-state index contributed by atoms with van der Waals surface area (Å²) in [7, 11) is 1.75. The summed E-state index contributed by atoms with van der Waals surface area (Å²) in [6.45, 7) is 2.73. The van der Waals surface area contributed by atoms with Gasteiger partial charge in [-0.2, -0.15) is 18.3 Å². The molecule has 0 spiro atoms. The van der Waals surface area contributed by atoms with Gasteiger partial charge in [-0.25, -0.2) is 5.84 Å². The van der Waals surface area contributed by atoms with E-state index in [0.29, 0.717) is 23.0 Å². The third-order valence-corrected chi connectivity index (χ3v) is 5.85. The number of nitrogens with two attached hydrogens (primary N) is 1. The number of aromatic nitrogens is 3. The third kappa shape index (κ3) is 5.61. The first-order valence-electron chi connectivity index (χ1n) is 10.2. The first-order valence-corrected chi connectivity index (χ1v) is 10.6. The molecule has 9 nitrogen and oxygen atoms in total. The monoisotopic (exact) mass is 509 g/mol. The summed E-state index contributed by atoms with van der Waals surface area (Å²) in [6, 6.07) is 3.27. The average Bonchev–Trinajstić information content (AvgIpc) is 3.12. The number of halogens is 4. The highest BCUT2D eigenvalue weighted by Gasteiger charge is 2.34. The van der Waals surface area contributed by atoms with E-state index in [1.165, 1.54) is 17.3 Å². The standard InChI is InChI=1S/C22H23ClF3N7O2/c1-11-19(33(28)9-18(27)16-8-30-32(3)12(16)2)5-13(7-29-11)21(35)31-15-4-14(10-34)20(23)17(6-15)22(24,25)26/h4-8,27,34H,9-10,28H2,1-3H3,(H,31,35). The molecule has 3 aromatic rings. The van der Waals surface area contributed by atoms with Crippen molar-refractivity contribution in [2.45, 2.75) is 26.6 Å². The molecule has 0 aliphatic rings. The molecular formula is C22H23ClF3N7O2. The molecule has 0 unspecified atom stereocenters. The van der Waals surface area contributed by atoms with Gasteiger partial charge in [-0.15, -0.1) is 0 Å². The number of carbonyl (C=O) groups excluding carboxylic acids is 1. The van der Waals surface area contributed by atoms with Crippen LogP contribution in [0.1, 0.15) is 38.4 Å². The molecule has 0 saturated carbocycles. The molecule has 1 amide bonds. The minimum Gasteiger partial charge on any atom is -0.392 e. The molecule has 3 rings (SSSR count). The minimum absolute atomic E-state index is 0.00782. The number of hydrogen-bond donors (Lipinski definition) is 4. The zero-order valence-corrected chi connectivity index (χ0v) is 19.8. The Hall–Kier alpha value is -3.48. The Bertz CT molecular complexity index is 1290. The Balaban J connectivity index is 1.85. The molecule has 0 radical (unpaired) electrons. The number of anilines is 2. The van der Waals surface area contributed by atoms with E-state index in [0.717, 1.165) is 11.8 Å². The Morgan fingerprint density at radius 1 is 1.29 bits per heavy atom. The van der Waals surface area contributed by atoms with Gasteiger partial charge in [0.05, 0.1) is 52.6 Å². The molecule has 186 valence electrons. The molecule has 35 heavy (non-hydrogen) atoms. The number of aliphatic hydroxyl groups is 1. The zero-order valence-electron chi connectivity index (χ0n) is 19.0. The zero-order chi connectivity index (χ0) is 26.1. The summed E-state index contributed by atoms with van der Waals surface area (Å²) in [5.74, 6) is 5.42. The maximum atomic E-state index is 13.3. The Kier molecular flexibility index (Phi) is 7.48. The maximum absolute atomic E-state index is 13.3. The molecular weight excluding hydrogens is 487 g/mol. The largest absolute Gasteiger partial charge is 0.417 e. The Morgan fingerprint density at radius 3 is 2.54 bits per heavy atom. The molecule has 1 aromatic carbocycles. The van der Waals surface area contributed by atoms with Gasteiger partial charge in [-0.05, 0) is 37.6 Å². The second-order valence-electron chi connectivity index (χ2n) is 7.81. The molecule has 5 N–H and O–H groups in total. The predicted molar refractivity (Wildman–Crippen MR) is 126 cm³/mol. The fraction of sp³-hybridized carbons (Fsp3) is 0.273. The SMILES string of the molecule is Cc1ncc(C(=O)Nc2cc(CO)c(Cl)c(C(F)(F)F)c2)cc1N(N)CC(=N)c1cnn(C)c1C. The maximum Gasteiger partial charge on any atom is 0.417 e. The van der Waals surface area contributed by atoms with Crippen molar-refractivity contribution in [2.24, 2.45) is 12.9 Å². The number of hydrogen-bond acceptors (Lipinski definition) is 7. The molecule has 0 atom stereocenters. The van der Waals surface area contributed by atoms with E-state index < -0.39 is 29.3 Å². The van der Waals surface area contributed by atoms with E-state index in [1.807, 2.05) is 6.92 Å². The first kappa shape index (κ1) is 26.1. The lowest BCUT2D eigenvalue weighted by molar-refractivity contribution is -0.137. The van der Waals surface area contributed by atoms with Crippen LogP contribution in [0.15, 0.2) is 30.6 Å². The molecule has 2 aromatic heterocycles. The lowest BCUT2D eigenvalue weighted by Gasteiger charge is -2.21. The van der Waals surface area contributed by atoms with Crippen LogP contribution in [0.3, 0.4) is 0 Å². The van der Waals surface area contributed by atoms with Gasteiger partial charge in [0.15, 0.2) is 0 Å². The number of rotatable bonds is 7. The van der Waals surface area contributed by atoms with Crippen LogP contribution in [0, 0.1) is 19.3 Å². The van der Waals surface area contributed by atoms with Crippen LogP contribution < -0.4 is 16.2 Å². The lowest BCUT2D eigenvalue weighted by atomic mass is 10.1. The highest BCUT2D eigenvalue weighted by molar-refractivity contribution is 6.32. The van der Waals surface area contributed by atoms with Gasteiger partial charge in [-0.3, -0.25) is 14.5 Å². The van der Waals surface area contributed by atoms with Crippen LogP contribution >= 0.6 is 11.6 Å². The summed E-state index contributed by atoms with van der Waals surface area (Å²) in [4.78, 5) is 17.0. The van der Waals surface area contributed by atoms with Crippen LogP contribution in [0.5, 0.6) is 0 Å². The van der Waals surface area contributed by atoms with E-state index in [2.05, 4.69) is 15.4 Å². The smallest absolute Gasteiger partial charge is 0.392 e. The molecule has 0 aliphatic heterocycles. The van der Waals surface area contributed by atoms with E-state index in [-0.39, 0.29) is 29.1 Å². The van der Waals surface area contributed by atoms with Crippen molar-refractivity contribution in [1.29, 1.82) is 5.41 Å².